The van der Waals surface area contributed by atoms with Gasteiger partial charge < -0.3 is 10.2 Å². The number of unbranched alkanes of at least 4 members (excludes halogenated alkanes) is 2. The van der Waals surface area contributed by atoms with Crippen LogP contribution in [0.5, 0.6) is 0 Å². The third kappa shape index (κ3) is 6.10. The molecular formula is C17H26N2O2S. The van der Waals surface area contributed by atoms with Crippen molar-refractivity contribution < 1.29 is 9.59 Å². The lowest BCUT2D eigenvalue weighted by Gasteiger charge is -2.21. The maximum Gasteiger partial charge on any atom is 0.313 e. The summed E-state index contributed by atoms with van der Waals surface area (Å²) in [5.74, 6) is -0.984. The Morgan fingerprint density at radius 3 is 2.32 bits per heavy atom. The van der Waals surface area contributed by atoms with Crippen LogP contribution >= 0.6 is 11.8 Å². The van der Waals surface area contributed by atoms with Crippen molar-refractivity contribution in [1.82, 2.24) is 4.90 Å². The quantitative estimate of drug-likeness (QED) is 0.585. The van der Waals surface area contributed by atoms with Crippen molar-refractivity contribution in [3.05, 3.63) is 24.3 Å². The summed E-state index contributed by atoms with van der Waals surface area (Å²) >= 11 is 1.60. The van der Waals surface area contributed by atoms with E-state index in [9.17, 15) is 9.59 Å². The van der Waals surface area contributed by atoms with E-state index in [0.29, 0.717) is 18.8 Å². The van der Waals surface area contributed by atoms with E-state index < -0.39 is 11.8 Å². The summed E-state index contributed by atoms with van der Waals surface area (Å²) in [5.41, 5.74) is 0.663. The average Bonchev–Trinajstić information content (AvgIpc) is 2.54. The van der Waals surface area contributed by atoms with Crippen molar-refractivity contribution >= 4 is 29.3 Å². The molecule has 0 atom stereocenters. The molecule has 0 aliphatic rings. The summed E-state index contributed by atoms with van der Waals surface area (Å²) in [4.78, 5) is 27.2. The first-order valence-corrected chi connectivity index (χ1v) is 9.09. The molecule has 0 aromatic heterocycles. The zero-order valence-electron chi connectivity index (χ0n) is 13.7. The van der Waals surface area contributed by atoms with E-state index >= 15 is 0 Å². The maximum atomic E-state index is 12.3. The summed E-state index contributed by atoms with van der Waals surface area (Å²) in [6.07, 6.45) is 5.83. The number of carbonyl (C=O) groups excluding carboxylic acids is 2. The second kappa shape index (κ2) is 10.3. The third-order valence-corrected chi connectivity index (χ3v) is 4.10. The van der Waals surface area contributed by atoms with Crippen LogP contribution in [0, 0.1) is 0 Å². The maximum absolute atomic E-state index is 12.3. The van der Waals surface area contributed by atoms with E-state index in [0.717, 1.165) is 30.6 Å². The fourth-order valence-corrected chi connectivity index (χ4v) is 2.50. The van der Waals surface area contributed by atoms with E-state index in [1.54, 1.807) is 22.7 Å². The van der Waals surface area contributed by atoms with Crippen molar-refractivity contribution in [3.63, 3.8) is 0 Å². The Bertz CT molecular complexity index is 483. The molecule has 5 heteroatoms. The van der Waals surface area contributed by atoms with E-state index in [2.05, 4.69) is 19.2 Å². The largest absolute Gasteiger partial charge is 0.334 e. The van der Waals surface area contributed by atoms with E-state index in [1.807, 2.05) is 24.5 Å². The third-order valence-electron chi connectivity index (χ3n) is 3.37. The molecule has 0 aliphatic heterocycles. The van der Waals surface area contributed by atoms with Gasteiger partial charge in [-0.05, 0) is 37.3 Å². The number of nitrogens with one attached hydrogen (secondary N) is 1. The van der Waals surface area contributed by atoms with E-state index in [4.69, 9.17) is 0 Å². The minimum Gasteiger partial charge on any atom is -0.334 e. The van der Waals surface area contributed by atoms with E-state index in [1.165, 1.54) is 0 Å². The lowest BCUT2D eigenvalue weighted by atomic mass is 10.2. The molecule has 1 rings (SSSR count). The minimum atomic E-state index is -0.551. The SMILES string of the molecule is CCCCN(CCCC)C(=O)C(=O)Nc1cccc(SC)c1. The summed E-state index contributed by atoms with van der Waals surface area (Å²) in [5, 5.41) is 2.71. The van der Waals surface area contributed by atoms with Gasteiger partial charge in [0, 0.05) is 23.7 Å². The highest BCUT2D eigenvalue weighted by atomic mass is 32.2. The predicted octanol–water partition coefficient (Wildman–Crippen LogP) is 3.78. The number of nitrogens with zero attached hydrogens (tertiary/aromatic N) is 1. The van der Waals surface area contributed by atoms with Crippen LogP contribution in [0.1, 0.15) is 39.5 Å². The molecule has 0 aliphatic carbocycles. The molecule has 1 aromatic carbocycles. The number of benzene rings is 1. The summed E-state index contributed by atoms with van der Waals surface area (Å²) < 4.78 is 0. The number of hydrogen-bond acceptors (Lipinski definition) is 3. The molecule has 1 aromatic rings. The topological polar surface area (TPSA) is 49.4 Å². The van der Waals surface area contributed by atoms with Gasteiger partial charge >= 0.3 is 11.8 Å². The van der Waals surface area contributed by atoms with Gasteiger partial charge in [-0.15, -0.1) is 11.8 Å². The van der Waals surface area contributed by atoms with Gasteiger partial charge in [0.05, 0.1) is 0 Å². The minimum absolute atomic E-state index is 0.434. The van der Waals surface area contributed by atoms with Crippen molar-refractivity contribution in [1.29, 1.82) is 0 Å². The Balaban J connectivity index is 2.68. The van der Waals surface area contributed by atoms with Crippen LogP contribution in [-0.4, -0.2) is 36.1 Å². The first-order chi connectivity index (χ1) is 10.6. The molecule has 0 saturated carbocycles. The Morgan fingerprint density at radius 1 is 1.14 bits per heavy atom. The standard InChI is InChI=1S/C17H26N2O2S/c1-4-6-11-19(12-7-5-2)17(21)16(20)18-14-9-8-10-15(13-14)22-3/h8-10,13H,4-7,11-12H2,1-3H3,(H,18,20). The lowest BCUT2D eigenvalue weighted by Crippen LogP contribution is -2.40. The molecular weight excluding hydrogens is 296 g/mol. The van der Waals surface area contributed by atoms with Gasteiger partial charge in [0.1, 0.15) is 0 Å². The predicted molar refractivity (Wildman–Crippen MR) is 93.2 cm³/mol. The normalized spacial score (nSPS) is 10.3. The van der Waals surface area contributed by atoms with Crippen molar-refractivity contribution in [2.75, 3.05) is 24.7 Å². The number of carbonyl (C=O) groups is 2. The highest BCUT2D eigenvalue weighted by molar-refractivity contribution is 7.98. The first-order valence-electron chi connectivity index (χ1n) is 7.86. The molecule has 122 valence electrons. The van der Waals surface area contributed by atoms with Crippen molar-refractivity contribution in [2.24, 2.45) is 0 Å². The summed E-state index contributed by atoms with van der Waals surface area (Å²) in [6, 6.07) is 7.51. The number of rotatable bonds is 8. The van der Waals surface area contributed by atoms with Gasteiger partial charge in [0.2, 0.25) is 0 Å². The van der Waals surface area contributed by atoms with Crippen LogP contribution in [0.2, 0.25) is 0 Å². The molecule has 0 fully saturated rings. The number of anilines is 1. The number of hydrogen-bond donors (Lipinski definition) is 1. The zero-order valence-corrected chi connectivity index (χ0v) is 14.5. The highest BCUT2D eigenvalue weighted by Crippen LogP contribution is 2.19. The smallest absolute Gasteiger partial charge is 0.313 e. The molecule has 0 bridgehead atoms. The van der Waals surface area contributed by atoms with Crippen molar-refractivity contribution in [3.8, 4) is 0 Å². The lowest BCUT2D eigenvalue weighted by molar-refractivity contribution is -0.143. The molecule has 4 nitrogen and oxygen atoms in total. The zero-order chi connectivity index (χ0) is 16.4. The Hall–Kier alpha value is -1.49. The molecule has 0 heterocycles. The molecule has 1 N–H and O–H groups in total. The van der Waals surface area contributed by atoms with Crippen LogP contribution in [0.15, 0.2) is 29.2 Å². The van der Waals surface area contributed by atoms with Crippen LogP contribution in [0.4, 0.5) is 5.69 Å². The number of thioether (sulfide) groups is 1. The fourth-order valence-electron chi connectivity index (χ4n) is 2.04. The second-order valence-corrected chi connectivity index (χ2v) is 6.07. The second-order valence-electron chi connectivity index (χ2n) is 5.19. The van der Waals surface area contributed by atoms with Gasteiger partial charge in [0.25, 0.3) is 0 Å². The van der Waals surface area contributed by atoms with Gasteiger partial charge in [0.15, 0.2) is 0 Å². The van der Waals surface area contributed by atoms with Crippen molar-refractivity contribution in [2.45, 2.75) is 44.4 Å². The molecule has 0 radical (unpaired) electrons. The Morgan fingerprint density at radius 2 is 1.77 bits per heavy atom. The number of amides is 2. The van der Waals surface area contributed by atoms with Crippen LogP contribution in [0.25, 0.3) is 0 Å². The monoisotopic (exact) mass is 322 g/mol. The van der Waals surface area contributed by atoms with Gasteiger partial charge in [-0.3, -0.25) is 9.59 Å². The van der Waals surface area contributed by atoms with E-state index in [-0.39, 0.29) is 0 Å². The average molecular weight is 322 g/mol. The summed E-state index contributed by atoms with van der Waals surface area (Å²) in [6.45, 7) is 5.45. The first kappa shape index (κ1) is 18.6. The fraction of sp³-hybridized carbons (Fsp3) is 0.529. The van der Waals surface area contributed by atoms with Crippen LogP contribution in [-0.2, 0) is 9.59 Å². The summed E-state index contributed by atoms with van der Waals surface area (Å²) in [7, 11) is 0. The molecule has 2 amide bonds. The van der Waals surface area contributed by atoms with Crippen LogP contribution < -0.4 is 5.32 Å². The molecule has 22 heavy (non-hydrogen) atoms. The molecule has 0 saturated heterocycles. The molecule has 0 spiro atoms. The van der Waals surface area contributed by atoms with Gasteiger partial charge in [-0.1, -0.05) is 32.8 Å². The molecule has 0 unspecified atom stereocenters. The Kier molecular flexibility index (Phi) is 8.67. The van der Waals surface area contributed by atoms with Gasteiger partial charge in [-0.25, -0.2) is 0 Å². The van der Waals surface area contributed by atoms with Crippen LogP contribution in [0.3, 0.4) is 0 Å². The Labute approximate surface area is 137 Å². The highest BCUT2D eigenvalue weighted by Gasteiger charge is 2.21. The van der Waals surface area contributed by atoms with Gasteiger partial charge in [-0.2, -0.15) is 0 Å².